The van der Waals surface area contributed by atoms with Gasteiger partial charge in [0.2, 0.25) is 0 Å². The Bertz CT molecular complexity index is 3040. The standard InChI is InChI=1S/C57H44N2/c1-3-4-7-18-39(2)58-55-28-17-15-26-51(55)52-34-31-46(38-56(52)58)59(44-29-32-48-41(36-44)35-40-19-12-13-24-47(40)48)45-30-33-50-49-25-14-16-27-53(49)57(54(50)37-45,42-20-8-5-9-21-42)43-22-10-6-11-23-43/h3-29,31-34,36-38,45H,1,30,35H2,2H3/b7-4-,39-18+. The molecule has 8 aromatic rings. The van der Waals surface area contributed by atoms with Crippen LogP contribution >= 0.6 is 0 Å². The number of aromatic nitrogens is 1. The predicted molar refractivity (Wildman–Crippen MR) is 249 cm³/mol. The Balaban J connectivity index is 1.15. The molecule has 3 aliphatic rings. The topological polar surface area (TPSA) is 8.17 Å². The molecule has 0 bridgehead atoms. The number of benzene rings is 7. The zero-order chi connectivity index (χ0) is 39.5. The molecule has 0 fully saturated rings. The van der Waals surface area contributed by atoms with E-state index in [2.05, 4.69) is 217 Å². The van der Waals surface area contributed by atoms with Crippen molar-refractivity contribution in [3.63, 3.8) is 0 Å². The van der Waals surface area contributed by atoms with E-state index in [0.717, 1.165) is 18.5 Å². The molecule has 0 saturated carbocycles. The number of allylic oxidation sites excluding steroid dienone is 7. The van der Waals surface area contributed by atoms with E-state index in [1.54, 1.807) is 0 Å². The van der Waals surface area contributed by atoms with E-state index < -0.39 is 5.41 Å². The highest BCUT2D eigenvalue weighted by Crippen LogP contribution is 2.59. The van der Waals surface area contributed by atoms with Crippen LogP contribution in [0.25, 0.3) is 44.2 Å². The van der Waals surface area contributed by atoms with E-state index in [0.29, 0.717) is 0 Å². The lowest BCUT2D eigenvalue weighted by Gasteiger charge is -2.39. The fraction of sp³-hybridized carbons (Fsp3) is 0.0877. The summed E-state index contributed by atoms with van der Waals surface area (Å²) in [5, 5.41) is 2.50. The first-order valence-electron chi connectivity index (χ1n) is 20.8. The van der Waals surface area contributed by atoms with Crippen LogP contribution < -0.4 is 4.90 Å². The van der Waals surface area contributed by atoms with Crippen molar-refractivity contribution in [3.05, 3.63) is 252 Å². The molecule has 7 aromatic carbocycles. The fourth-order valence-electron chi connectivity index (χ4n) is 10.5. The van der Waals surface area contributed by atoms with E-state index >= 15 is 0 Å². The van der Waals surface area contributed by atoms with E-state index in [1.807, 2.05) is 12.2 Å². The molecule has 2 nitrogen and oxygen atoms in total. The summed E-state index contributed by atoms with van der Waals surface area (Å²) < 4.78 is 2.42. The summed E-state index contributed by atoms with van der Waals surface area (Å²) in [5.41, 5.74) is 18.9. The second kappa shape index (κ2) is 14.0. The molecule has 11 rings (SSSR count). The third-order valence-electron chi connectivity index (χ3n) is 12.9. The molecule has 1 aromatic heterocycles. The summed E-state index contributed by atoms with van der Waals surface area (Å²) in [7, 11) is 0. The van der Waals surface area contributed by atoms with Gasteiger partial charge in [-0.05, 0) is 112 Å². The van der Waals surface area contributed by atoms with Crippen molar-refractivity contribution in [1.29, 1.82) is 0 Å². The van der Waals surface area contributed by atoms with Crippen LogP contribution in [-0.4, -0.2) is 10.6 Å². The van der Waals surface area contributed by atoms with Crippen molar-refractivity contribution in [2.24, 2.45) is 0 Å². The Morgan fingerprint density at radius 1 is 0.627 bits per heavy atom. The van der Waals surface area contributed by atoms with Gasteiger partial charge in [0, 0.05) is 27.8 Å². The molecule has 0 radical (unpaired) electrons. The van der Waals surface area contributed by atoms with E-state index in [-0.39, 0.29) is 6.04 Å². The van der Waals surface area contributed by atoms with E-state index in [4.69, 9.17) is 0 Å². The Morgan fingerprint density at radius 3 is 2.07 bits per heavy atom. The number of anilines is 2. The lowest BCUT2D eigenvalue weighted by Crippen LogP contribution is -2.34. The maximum atomic E-state index is 3.90. The van der Waals surface area contributed by atoms with Gasteiger partial charge in [0.05, 0.1) is 22.5 Å². The molecule has 0 aliphatic heterocycles. The third-order valence-corrected chi connectivity index (χ3v) is 12.9. The smallest absolute Gasteiger partial charge is 0.0711 e. The molecule has 0 spiro atoms. The molecule has 0 saturated heterocycles. The summed E-state index contributed by atoms with van der Waals surface area (Å²) in [6.07, 6.45) is 15.0. The highest BCUT2D eigenvalue weighted by atomic mass is 15.2. The van der Waals surface area contributed by atoms with Gasteiger partial charge in [0.15, 0.2) is 0 Å². The summed E-state index contributed by atoms with van der Waals surface area (Å²) >= 11 is 0. The lowest BCUT2D eigenvalue weighted by atomic mass is 9.66. The minimum absolute atomic E-state index is 0.0409. The third kappa shape index (κ3) is 5.40. The van der Waals surface area contributed by atoms with Crippen molar-refractivity contribution >= 4 is 44.5 Å². The second-order valence-corrected chi connectivity index (χ2v) is 16.1. The molecule has 1 heterocycles. The first kappa shape index (κ1) is 35.0. The highest BCUT2D eigenvalue weighted by molar-refractivity contribution is 6.11. The minimum Gasteiger partial charge on any atom is -0.334 e. The van der Waals surface area contributed by atoms with Crippen LogP contribution in [0.4, 0.5) is 11.4 Å². The summed E-state index contributed by atoms with van der Waals surface area (Å²) in [5.74, 6) is 0. The van der Waals surface area contributed by atoms with Gasteiger partial charge >= 0.3 is 0 Å². The van der Waals surface area contributed by atoms with Gasteiger partial charge in [0.1, 0.15) is 0 Å². The van der Waals surface area contributed by atoms with Crippen molar-refractivity contribution in [1.82, 2.24) is 4.57 Å². The van der Waals surface area contributed by atoms with Gasteiger partial charge in [-0.3, -0.25) is 0 Å². The molecule has 3 aliphatic carbocycles. The normalized spacial score (nSPS) is 16.4. The summed E-state index contributed by atoms with van der Waals surface area (Å²) in [4.78, 5) is 2.62. The van der Waals surface area contributed by atoms with Crippen molar-refractivity contribution < 1.29 is 0 Å². The SMILES string of the molecule is C=C/C=C\C=C(/C)n1c2ccccc2c2ccc(N(c3ccc4c(c3)Cc3ccccc3-4)C3C=C4C(=CC3)c3ccccc3C4(c3ccccc3)c3ccccc3)cc21. The number of rotatable bonds is 8. The maximum Gasteiger partial charge on any atom is 0.0711 e. The minimum atomic E-state index is -0.466. The number of para-hydroxylation sites is 1. The van der Waals surface area contributed by atoms with Crippen LogP contribution in [-0.2, 0) is 11.8 Å². The van der Waals surface area contributed by atoms with Crippen LogP contribution in [0, 0.1) is 0 Å². The van der Waals surface area contributed by atoms with Crippen LogP contribution in [0.15, 0.2) is 218 Å². The van der Waals surface area contributed by atoms with Crippen LogP contribution in [0.1, 0.15) is 46.7 Å². The van der Waals surface area contributed by atoms with Gasteiger partial charge < -0.3 is 9.47 Å². The second-order valence-electron chi connectivity index (χ2n) is 16.1. The number of hydrogen-bond acceptors (Lipinski definition) is 1. The molecule has 2 heteroatoms. The largest absolute Gasteiger partial charge is 0.334 e. The highest BCUT2D eigenvalue weighted by Gasteiger charge is 2.49. The predicted octanol–water partition coefficient (Wildman–Crippen LogP) is 14.2. The van der Waals surface area contributed by atoms with Gasteiger partial charge in [-0.15, -0.1) is 0 Å². The van der Waals surface area contributed by atoms with Crippen LogP contribution in [0.5, 0.6) is 0 Å². The van der Waals surface area contributed by atoms with Crippen molar-refractivity contribution in [2.75, 3.05) is 4.90 Å². The lowest BCUT2D eigenvalue weighted by molar-refractivity contribution is 0.725. The first-order chi connectivity index (χ1) is 29.1. The zero-order valence-corrected chi connectivity index (χ0v) is 33.2. The summed E-state index contributed by atoms with van der Waals surface area (Å²) in [6.45, 7) is 6.09. The average Bonchev–Trinajstić information content (AvgIpc) is 3.93. The average molecular weight is 757 g/mol. The van der Waals surface area contributed by atoms with Gasteiger partial charge in [-0.1, -0.05) is 176 Å². The van der Waals surface area contributed by atoms with Crippen molar-refractivity contribution in [2.45, 2.75) is 31.2 Å². The van der Waals surface area contributed by atoms with E-state index in [1.165, 1.54) is 88.8 Å². The molecule has 0 amide bonds. The fourth-order valence-corrected chi connectivity index (χ4v) is 10.5. The molecule has 59 heavy (non-hydrogen) atoms. The quantitative estimate of drug-likeness (QED) is 0.140. The molecular weight excluding hydrogens is 713 g/mol. The van der Waals surface area contributed by atoms with Crippen LogP contribution in [0.2, 0.25) is 0 Å². The number of fused-ring (bicyclic) bond motifs is 9. The molecule has 1 atom stereocenters. The van der Waals surface area contributed by atoms with Gasteiger partial charge in [0.25, 0.3) is 0 Å². The Morgan fingerprint density at radius 2 is 1.27 bits per heavy atom. The molecule has 282 valence electrons. The maximum absolute atomic E-state index is 3.90. The molecular formula is C57H44N2. The van der Waals surface area contributed by atoms with Crippen molar-refractivity contribution in [3.8, 4) is 11.1 Å². The van der Waals surface area contributed by atoms with E-state index in [9.17, 15) is 0 Å². The Labute approximate surface area is 346 Å². The monoisotopic (exact) mass is 756 g/mol. The zero-order valence-electron chi connectivity index (χ0n) is 33.2. The number of hydrogen-bond donors (Lipinski definition) is 0. The Kier molecular flexibility index (Phi) is 8.34. The summed E-state index contributed by atoms with van der Waals surface area (Å²) in [6, 6.07) is 63.4. The first-order valence-corrected chi connectivity index (χ1v) is 20.8. The van der Waals surface area contributed by atoms with Crippen LogP contribution in [0.3, 0.4) is 0 Å². The molecule has 0 N–H and O–H groups in total. The number of nitrogens with zero attached hydrogens (tertiary/aromatic N) is 2. The van der Waals surface area contributed by atoms with Gasteiger partial charge in [-0.25, -0.2) is 0 Å². The molecule has 1 unspecified atom stereocenters. The Hall–Kier alpha value is -7.16. The van der Waals surface area contributed by atoms with Gasteiger partial charge in [-0.2, -0.15) is 0 Å².